The Labute approximate surface area is 128 Å². The Kier molecular flexibility index (Phi) is 5.57. The van der Waals surface area contributed by atoms with Crippen LogP contribution < -0.4 is 10.2 Å². The van der Waals surface area contributed by atoms with E-state index < -0.39 is 0 Å². The number of halogens is 2. The van der Waals surface area contributed by atoms with Gasteiger partial charge >= 0.3 is 0 Å². The van der Waals surface area contributed by atoms with E-state index in [9.17, 15) is 0 Å². The summed E-state index contributed by atoms with van der Waals surface area (Å²) in [4.78, 5) is 2.48. The average molecular weight is 379 g/mol. The summed E-state index contributed by atoms with van der Waals surface area (Å²) in [5.74, 6) is 0.781. The molecule has 2 rings (SSSR count). The van der Waals surface area contributed by atoms with Crippen LogP contribution in [0.2, 0.25) is 5.02 Å². The van der Waals surface area contributed by atoms with Crippen molar-refractivity contribution in [2.75, 3.05) is 31.1 Å². The second kappa shape index (κ2) is 6.96. The summed E-state index contributed by atoms with van der Waals surface area (Å²) in [6.07, 6.45) is 2.50. The molecule has 1 N–H and O–H groups in total. The maximum atomic E-state index is 6.00. The number of nitrogens with one attached hydrogen (secondary N) is 1. The lowest BCUT2D eigenvalue weighted by molar-refractivity contribution is 0.516. The lowest BCUT2D eigenvalue weighted by Crippen LogP contribution is -2.27. The van der Waals surface area contributed by atoms with E-state index in [2.05, 4.69) is 45.8 Å². The third-order valence-corrected chi connectivity index (χ3v) is 4.50. The highest BCUT2D eigenvalue weighted by Crippen LogP contribution is 2.29. The zero-order chi connectivity index (χ0) is 13.0. The molecule has 1 aliphatic rings. The van der Waals surface area contributed by atoms with E-state index in [1.807, 2.05) is 12.1 Å². The van der Waals surface area contributed by atoms with Crippen LogP contribution in [0.25, 0.3) is 0 Å². The van der Waals surface area contributed by atoms with E-state index in [1.165, 1.54) is 22.1 Å². The molecular formula is C14H20ClIN2. The predicted molar refractivity (Wildman–Crippen MR) is 87.6 cm³/mol. The molecule has 0 amide bonds. The highest BCUT2D eigenvalue weighted by atomic mass is 127. The van der Waals surface area contributed by atoms with Crippen LogP contribution in [0.5, 0.6) is 0 Å². The fraction of sp³-hybridized carbons (Fsp3) is 0.571. The zero-order valence-corrected chi connectivity index (χ0v) is 13.7. The first-order chi connectivity index (χ1) is 8.70. The molecule has 1 atom stereocenters. The Morgan fingerprint density at radius 3 is 3.06 bits per heavy atom. The lowest BCUT2D eigenvalue weighted by Gasteiger charge is -2.20. The lowest BCUT2D eigenvalue weighted by atomic mass is 10.1. The van der Waals surface area contributed by atoms with Gasteiger partial charge in [-0.05, 0) is 72.6 Å². The van der Waals surface area contributed by atoms with Crippen molar-refractivity contribution in [3.05, 3.63) is 26.8 Å². The minimum atomic E-state index is 0.781. The fourth-order valence-corrected chi connectivity index (χ4v) is 3.65. The molecule has 4 heteroatoms. The van der Waals surface area contributed by atoms with Gasteiger partial charge in [0, 0.05) is 21.7 Å². The van der Waals surface area contributed by atoms with Crippen molar-refractivity contribution < 1.29 is 0 Å². The molecule has 1 aromatic rings. The molecule has 0 spiro atoms. The molecule has 18 heavy (non-hydrogen) atoms. The molecule has 1 saturated heterocycles. The molecule has 2 nitrogen and oxygen atoms in total. The molecular weight excluding hydrogens is 359 g/mol. The molecule has 1 fully saturated rings. The molecule has 0 aromatic heterocycles. The number of anilines is 1. The minimum absolute atomic E-state index is 0.781. The maximum Gasteiger partial charge on any atom is 0.0503 e. The summed E-state index contributed by atoms with van der Waals surface area (Å²) in [5, 5.41) is 4.35. The van der Waals surface area contributed by atoms with Gasteiger partial charge in [0.15, 0.2) is 0 Å². The normalized spacial score (nSPS) is 19.5. The van der Waals surface area contributed by atoms with Crippen LogP contribution in [0.1, 0.15) is 19.8 Å². The third kappa shape index (κ3) is 3.75. The number of nitrogens with zero attached hydrogens (tertiary/aromatic N) is 1. The number of hydrogen-bond acceptors (Lipinski definition) is 2. The minimum Gasteiger partial charge on any atom is -0.370 e. The van der Waals surface area contributed by atoms with E-state index in [4.69, 9.17) is 11.6 Å². The number of rotatable bonds is 5. The summed E-state index contributed by atoms with van der Waals surface area (Å²) >= 11 is 8.38. The summed E-state index contributed by atoms with van der Waals surface area (Å²) in [5.41, 5.74) is 1.33. The van der Waals surface area contributed by atoms with E-state index in [0.29, 0.717) is 0 Å². The van der Waals surface area contributed by atoms with Crippen LogP contribution in [0.4, 0.5) is 5.69 Å². The van der Waals surface area contributed by atoms with Crippen LogP contribution in [0, 0.1) is 9.49 Å². The van der Waals surface area contributed by atoms with Crippen molar-refractivity contribution >= 4 is 39.9 Å². The Balaban J connectivity index is 1.91. The van der Waals surface area contributed by atoms with Crippen LogP contribution in [-0.2, 0) is 0 Å². The summed E-state index contributed by atoms with van der Waals surface area (Å²) in [6.45, 7) is 6.82. The fourth-order valence-electron chi connectivity index (χ4n) is 2.44. The zero-order valence-electron chi connectivity index (χ0n) is 10.8. The van der Waals surface area contributed by atoms with E-state index in [1.54, 1.807) is 0 Å². The molecule has 0 saturated carbocycles. The van der Waals surface area contributed by atoms with Gasteiger partial charge in [-0.3, -0.25) is 0 Å². The first-order valence-corrected chi connectivity index (χ1v) is 8.07. The third-order valence-electron chi connectivity index (χ3n) is 3.40. The van der Waals surface area contributed by atoms with Crippen molar-refractivity contribution in [3.8, 4) is 0 Å². The van der Waals surface area contributed by atoms with E-state index in [-0.39, 0.29) is 0 Å². The molecule has 1 heterocycles. The summed E-state index contributed by atoms with van der Waals surface area (Å²) in [6, 6.07) is 6.17. The van der Waals surface area contributed by atoms with Gasteiger partial charge in [0.2, 0.25) is 0 Å². The van der Waals surface area contributed by atoms with Crippen molar-refractivity contribution in [1.82, 2.24) is 5.32 Å². The second-order valence-electron chi connectivity index (χ2n) is 4.90. The van der Waals surface area contributed by atoms with Crippen molar-refractivity contribution in [2.24, 2.45) is 5.92 Å². The molecule has 1 aromatic carbocycles. The molecule has 0 bridgehead atoms. The van der Waals surface area contributed by atoms with E-state index in [0.717, 1.165) is 37.1 Å². The Morgan fingerprint density at radius 2 is 2.33 bits per heavy atom. The van der Waals surface area contributed by atoms with Crippen LogP contribution >= 0.6 is 34.2 Å². The molecule has 1 unspecified atom stereocenters. The van der Waals surface area contributed by atoms with Gasteiger partial charge in [0.1, 0.15) is 0 Å². The predicted octanol–water partition coefficient (Wildman–Crippen LogP) is 3.77. The molecule has 100 valence electrons. The van der Waals surface area contributed by atoms with E-state index >= 15 is 0 Å². The summed E-state index contributed by atoms with van der Waals surface area (Å²) < 4.78 is 1.25. The standard InChI is InChI=1S/C14H20ClIN2/c1-2-6-17-9-11-5-7-18(10-11)14-4-3-12(15)8-13(14)16/h3-4,8,11,17H,2,5-7,9-10H2,1H3. The molecule has 0 radical (unpaired) electrons. The van der Waals surface area contributed by atoms with Gasteiger partial charge in [0.25, 0.3) is 0 Å². The van der Waals surface area contributed by atoms with Crippen molar-refractivity contribution in [1.29, 1.82) is 0 Å². The topological polar surface area (TPSA) is 15.3 Å². The summed E-state index contributed by atoms with van der Waals surface area (Å²) in [7, 11) is 0. The van der Waals surface area contributed by atoms with Crippen LogP contribution in [-0.4, -0.2) is 26.2 Å². The second-order valence-corrected chi connectivity index (χ2v) is 6.50. The molecule has 1 aliphatic heterocycles. The van der Waals surface area contributed by atoms with Gasteiger partial charge in [-0.1, -0.05) is 18.5 Å². The Hall–Kier alpha value is -0.000000000000000111. The van der Waals surface area contributed by atoms with Crippen LogP contribution in [0.3, 0.4) is 0 Å². The van der Waals surface area contributed by atoms with Gasteiger partial charge in [-0.25, -0.2) is 0 Å². The average Bonchev–Trinajstić information content (AvgIpc) is 2.78. The van der Waals surface area contributed by atoms with Gasteiger partial charge in [-0.15, -0.1) is 0 Å². The SMILES string of the molecule is CCCNCC1CCN(c2ccc(Cl)cc2I)C1. The maximum absolute atomic E-state index is 6.00. The van der Waals surface area contributed by atoms with Gasteiger partial charge in [0.05, 0.1) is 5.69 Å². The number of benzene rings is 1. The van der Waals surface area contributed by atoms with Crippen LogP contribution in [0.15, 0.2) is 18.2 Å². The van der Waals surface area contributed by atoms with Crippen molar-refractivity contribution in [2.45, 2.75) is 19.8 Å². The smallest absolute Gasteiger partial charge is 0.0503 e. The number of hydrogen-bond donors (Lipinski definition) is 1. The quantitative estimate of drug-likeness (QED) is 0.620. The monoisotopic (exact) mass is 378 g/mol. The highest BCUT2D eigenvalue weighted by Gasteiger charge is 2.23. The first-order valence-electron chi connectivity index (χ1n) is 6.61. The Bertz CT molecular complexity index is 397. The highest BCUT2D eigenvalue weighted by molar-refractivity contribution is 14.1. The largest absolute Gasteiger partial charge is 0.370 e. The first kappa shape index (κ1) is 14.4. The molecule has 0 aliphatic carbocycles. The van der Waals surface area contributed by atoms with Gasteiger partial charge < -0.3 is 10.2 Å². The Morgan fingerprint density at radius 1 is 1.50 bits per heavy atom. The van der Waals surface area contributed by atoms with Crippen molar-refractivity contribution in [3.63, 3.8) is 0 Å². The van der Waals surface area contributed by atoms with Gasteiger partial charge in [-0.2, -0.15) is 0 Å².